The summed E-state index contributed by atoms with van der Waals surface area (Å²) < 4.78 is 4.89. The van der Waals surface area contributed by atoms with Gasteiger partial charge in [0.05, 0.1) is 12.2 Å². The van der Waals surface area contributed by atoms with Gasteiger partial charge >= 0.3 is 5.97 Å². The van der Waals surface area contributed by atoms with E-state index in [1.54, 1.807) is 43.3 Å². The first-order valence-corrected chi connectivity index (χ1v) is 7.91. The summed E-state index contributed by atoms with van der Waals surface area (Å²) in [5.74, 6) is -1.25. The number of ether oxygens (including phenoxy) is 1. The van der Waals surface area contributed by atoms with Crippen LogP contribution in [0.4, 0.5) is 11.4 Å². The molecule has 0 aliphatic heterocycles. The first-order chi connectivity index (χ1) is 12.0. The van der Waals surface area contributed by atoms with E-state index in [1.807, 2.05) is 19.1 Å². The fraction of sp³-hybridized carbons (Fsp3) is 0.211. The van der Waals surface area contributed by atoms with Crippen molar-refractivity contribution in [3.63, 3.8) is 0 Å². The highest BCUT2D eigenvalue weighted by molar-refractivity contribution is 6.08. The van der Waals surface area contributed by atoms with Crippen LogP contribution in [0.1, 0.15) is 29.3 Å². The van der Waals surface area contributed by atoms with Crippen molar-refractivity contribution < 1.29 is 19.1 Å². The number of aryl methyl sites for hydroxylation is 1. The molecule has 0 unspecified atom stereocenters. The predicted molar refractivity (Wildman–Crippen MR) is 95.5 cm³/mol. The molecule has 0 aromatic heterocycles. The minimum Gasteiger partial charge on any atom is -0.462 e. The molecule has 6 heteroatoms. The lowest BCUT2D eigenvalue weighted by molar-refractivity contribution is -0.123. The molecule has 130 valence electrons. The van der Waals surface area contributed by atoms with E-state index in [9.17, 15) is 14.4 Å². The molecule has 0 saturated carbocycles. The number of carbonyl (C=O) groups is 3. The van der Waals surface area contributed by atoms with Crippen molar-refractivity contribution in [3.8, 4) is 0 Å². The summed E-state index contributed by atoms with van der Waals surface area (Å²) in [6.45, 7) is 3.98. The molecule has 2 amide bonds. The van der Waals surface area contributed by atoms with E-state index < -0.39 is 17.8 Å². The van der Waals surface area contributed by atoms with Crippen molar-refractivity contribution >= 4 is 29.2 Å². The Morgan fingerprint density at radius 3 is 1.80 bits per heavy atom. The van der Waals surface area contributed by atoms with Crippen molar-refractivity contribution in [3.05, 3.63) is 59.7 Å². The third-order valence-corrected chi connectivity index (χ3v) is 3.34. The molecule has 0 atom stereocenters. The standard InChI is InChI=1S/C19H20N2O4/c1-3-25-19(24)14-6-10-16(11-7-14)21-18(23)12-17(22)20-15-8-4-13(2)5-9-15/h4-11H,3,12H2,1-2H3,(H,20,22)(H,21,23). The minimum absolute atomic E-state index is 0.298. The van der Waals surface area contributed by atoms with Crippen molar-refractivity contribution in [1.82, 2.24) is 0 Å². The zero-order valence-corrected chi connectivity index (χ0v) is 14.2. The number of hydrogen-bond acceptors (Lipinski definition) is 4. The van der Waals surface area contributed by atoms with E-state index in [2.05, 4.69) is 10.6 Å². The number of amides is 2. The van der Waals surface area contributed by atoms with Crippen LogP contribution in [-0.2, 0) is 14.3 Å². The molecule has 2 aromatic carbocycles. The Kier molecular flexibility index (Phi) is 6.28. The summed E-state index contributed by atoms with van der Waals surface area (Å²) >= 11 is 0. The number of nitrogens with one attached hydrogen (secondary N) is 2. The van der Waals surface area contributed by atoms with Gasteiger partial charge in [-0.3, -0.25) is 9.59 Å². The maximum atomic E-state index is 11.9. The molecule has 2 aromatic rings. The molecule has 25 heavy (non-hydrogen) atoms. The van der Waals surface area contributed by atoms with Crippen LogP contribution in [0.3, 0.4) is 0 Å². The van der Waals surface area contributed by atoms with Crippen LogP contribution in [-0.4, -0.2) is 24.4 Å². The largest absolute Gasteiger partial charge is 0.462 e. The third kappa shape index (κ3) is 5.76. The van der Waals surface area contributed by atoms with E-state index in [0.29, 0.717) is 23.5 Å². The van der Waals surface area contributed by atoms with Gasteiger partial charge in [-0.15, -0.1) is 0 Å². The van der Waals surface area contributed by atoms with Crippen LogP contribution in [0.25, 0.3) is 0 Å². The monoisotopic (exact) mass is 340 g/mol. The van der Waals surface area contributed by atoms with Crippen LogP contribution >= 0.6 is 0 Å². The lowest BCUT2D eigenvalue weighted by Crippen LogP contribution is -2.21. The van der Waals surface area contributed by atoms with Gasteiger partial charge < -0.3 is 15.4 Å². The quantitative estimate of drug-likeness (QED) is 0.625. The highest BCUT2D eigenvalue weighted by atomic mass is 16.5. The molecule has 0 bridgehead atoms. The summed E-state index contributed by atoms with van der Waals surface area (Å²) in [5, 5.41) is 5.28. The normalized spacial score (nSPS) is 10.0. The van der Waals surface area contributed by atoms with Crippen LogP contribution in [0, 0.1) is 6.92 Å². The summed E-state index contributed by atoms with van der Waals surface area (Å²) in [4.78, 5) is 35.4. The number of esters is 1. The average molecular weight is 340 g/mol. The Hall–Kier alpha value is -3.15. The van der Waals surface area contributed by atoms with E-state index in [0.717, 1.165) is 5.56 Å². The molecular formula is C19H20N2O4. The smallest absolute Gasteiger partial charge is 0.338 e. The Bertz CT molecular complexity index is 752. The van der Waals surface area contributed by atoms with E-state index in [1.165, 1.54) is 0 Å². The fourth-order valence-corrected chi connectivity index (χ4v) is 2.10. The summed E-state index contributed by atoms with van der Waals surface area (Å²) in [5.41, 5.74) is 2.63. The second kappa shape index (κ2) is 8.63. The number of anilines is 2. The third-order valence-electron chi connectivity index (χ3n) is 3.34. The zero-order chi connectivity index (χ0) is 18.2. The molecule has 0 fully saturated rings. The molecule has 2 N–H and O–H groups in total. The molecule has 0 heterocycles. The highest BCUT2D eigenvalue weighted by Crippen LogP contribution is 2.12. The van der Waals surface area contributed by atoms with Gasteiger partial charge in [0.2, 0.25) is 11.8 Å². The van der Waals surface area contributed by atoms with Gasteiger partial charge in [-0.2, -0.15) is 0 Å². The van der Waals surface area contributed by atoms with Gasteiger partial charge in [-0.05, 0) is 50.2 Å². The maximum absolute atomic E-state index is 11.9. The first-order valence-electron chi connectivity index (χ1n) is 7.91. The fourth-order valence-electron chi connectivity index (χ4n) is 2.10. The van der Waals surface area contributed by atoms with Crippen LogP contribution in [0.2, 0.25) is 0 Å². The lowest BCUT2D eigenvalue weighted by atomic mass is 10.2. The predicted octanol–water partition coefficient (Wildman–Crippen LogP) is 3.14. The van der Waals surface area contributed by atoms with Gasteiger partial charge in [-0.1, -0.05) is 17.7 Å². The Morgan fingerprint density at radius 1 is 0.840 bits per heavy atom. The summed E-state index contributed by atoms with van der Waals surface area (Å²) in [6, 6.07) is 13.6. The SMILES string of the molecule is CCOC(=O)c1ccc(NC(=O)CC(=O)Nc2ccc(C)cc2)cc1. The van der Waals surface area contributed by atoms with Gasteiger partial charge in [0.25, 0.3) is 0 Å². The Balaban J connectivity index is 1.86. The van der Waals surface area contributed by atoms with Gasteiger partial charge in [0.15, 0.2) is 0 Å². The number of carbonyl (C=O) groups excluding carboxylic acids is 3. The number of rotatable bonds is 6. The highest BCUT2D eigenvalue weighted by Gasteiger charge is 2.11. The Labute approximate surface area is 146 Å². The molecule has 0 aliphatic carbocycles. The van der Waals surface area contributed by atoms with Gasteiger partial charge in [0, 0.05) is 11.4 Å². The second-order valence-electron chi connectivity index (χ2n) is 5.44. The van der Waals surface area contributed by atoms with Crippen molar-refractivity contribution in [1.29, 1.82) is 0 Å². The summed E-state index contributed by atoms with van der Waals surface area (Å²) in [7, 11) is 0. The molecule has 0 aliphatic rings. The second-order valence-corrected chi connectivity index (χ2v) is 5.44. The molecule has 6 nitrogen and oxygen atoms in total. The molecular weight excluding hydrogens is 320 g/mol. The van der Waals surface area contributed by atoms with E-state index in [4.69, 9.17) is 4.74 Å². The maximum Gasteiger partial charge on any atom is 0.338 e. The topological polar surface area (TPSA) is 84.5 Å². The molecule has 2 rings (SSSR count). The van der Waals surface area contributed by atoms with E-state index >= 15 is 0 Å². The number of benzene rings is 2. The van der Waals surface area contributed by atoms with Gasteiger partial charge in [-0.25, -0.2) is 4.79 Å². The lowest BCUT2D eigenvalue weighted by Gasteiger charge is -2.08. The van der Waals surface area contributed by atoms with Crippen molar-refractivity contribution in [2.24, 2.45) is 0 Å². The number of hydrogen-bond donors (Lipinski definition) is 2. The van der Waals surface area contributed by atoms with Crippen molar-refractivity contribution in [2.75, 3.05) is 17.2 Å². The molecule has 0 radical (unpaired) electrons. The van der Waals surface area contributed by atoms with Crippen molar-refractivity contribution in [2.45, 2.75) is 20.3 Å². The van der Waals surface area contributed by atoms with E-state index in [-0.39, 0.29) is 6.42 Å². The zero-order valence-electron chi connectivity index (χ0n) is 14.2. The minimum atomic E-state index is -0.437. The first kappa shape index (κ1) is 18.2. The van der Waals surface area contributed by atoms with Gasteiger partial charge in [0.1, 0.15) is 6.42 Å². The Morgan fingerprint density at radius 2 is 1.32 bits per heavy atom. The molecule has 0 spiro atoms. The summed E-state index contributed by atoms with van der Waals surface area (Å²) in [6.07, 6.45) is -0.298. The van der Waals surface area contributed by atoms with Crippen LogP contribution < -0.4 is 10.6 Å². The molecule has 0 saturated heterocycles. The van der Waals surface area contributed by atoms with Crippen LogP contribution in [0.5, 0.6) is 0 Å². The average Bonchev–Trinajstić information content (AvgIpc) is 2.57. The van der Waals surface area contributed by atoms with Crippen LogP contribution in [0.15, 0.2) is 48.5 Å².